The third-order valence-corrected chi connectivity index (χ3v) is 2.26. The predicted molar refractivity (Wildman–Crippen MR) is 53.6 cm³/mol. The van der Waals surface area contributed by atoms with E-state index in [4.69, 9.17) is 11.6 Å². The lowest BCUT2D eigenvalue weighted by Gasteiger charge is -2.04. The molecule has 0 spiro atoms. The standard InChI is InChI=1S/C9H9ClN4/c1-6-3-4-9(8(10)5-6)14-7(2)11-12-13-14/h3-5H,1-2H3. The van der Waals surface area contributed by atoms with Gasteiger partial charge in [0.1, 0.15) is 0 Å². The Hall–Kier alpha value is -1.42. The second-order valence-electron chi connectivity index (χ2n) is 3.09. The van der Waals surface area contributed by atoms with E-state index in [2.05, 4.69) is 15.5 Å². The van der Waals surface area contributed by atoms with E-state index in [1.54, 1.807) is 4.68 Å². The first-order valence-electron chi connectivity index (χ1n) is 4.20. The Morgan fingerprint density at radius 1 is 1.29 bits per heavy atom. The van der Waals surface area contributed by atoms with Gasteiger partial charge in [0.25, 0.3) is 0 Å². The molecular formula is C9H9ClN4. The molecule has 1 aromatic carbocycles. The number of halogens is 1. The minimum atomic E-state index is 0.653. The highest BCUT2D eigenvalue weighted by Gasteiger charge is 2.07. The minimum Gasteiger partial charge on any atom is -0.196 e. The second kappa shape index (κ2) is 3.38. The average Bonchev–Trinajstić information content (AvgIpc) is 2.52. The molecule has 0 aliphatic rings. The van der Waals surface area contributed by atoms with Crippen molar-refractivity contribution in [3.63, 3.8) is 0 Å². The van der Waals surface area contributed by atoms with Crippen LogP contribution in [0.15, 0.2) is 18.2 Å². The zero-order valence-electron chi connectivity index (χ0n) is 7.90. The van der Waals surface area contributed by atoms with E-state index < -0.39 is 0 Å². The zero-order chi connectivity index (χ0) is 10.1. The summed E-state index contributed by atoms with van der Waals surface area (Å²) in [5.74, 6) is 0.718. The number of rotatable bonds is 1. The van der Waals surface area contributed by atoms with Crippen LogP contribution in [0.3, 0.4) is 0 Å². The van der Waals surface area contributed by atoms with Crippen LogP contribution >= 0.6 is 11.6 Å². The van der Waals surface area contributed by atoms with Crippen molar-refractivity contribution in [2.24, 2.45) is 0 Å². The number of hydrogen-bond donors (Lipinski definition) is 0. The van der Waals surface area contributed by atoms with Gasteiger partial charge in [-0.05, 0) is 42.0 Å². The van der Waals surface area contributed by atoms with Gasteiger partial charge in [0.05, 0.1) is 10.7 Å². The molecule has 0 aliphatic carbocycles. The number of tetrazole rings is 1. The lowest BCUT2D eigenvalue weighted by Crippen LogP contribution is -2.00. The second-order valence-corrected chi connectivity index (χ2v) is 3.50. The molecule has 1 heterocycles. The van der Waals surface area contributed by atoms with Crippen molar-refractivity contribution < 1.29 is 0 Å². The number of aryl methyl sites for hydroxylation is 2. The van der Waals surface area contributed by atoms with Crippen LogP contribution < -0.4 is 0 Å². The van der Waals surface area contributed by atoms with Gasteiger partial charge in [-0.3, -0.25) is 0 Å². The molecular weight excluding hydrogens is 200 g/mol. The number of hydrogen-bond acceptors (Lipinski definition) is 3. The first-order chi connectivity index (χ1) is 6.68. The largest absolute Gasteiger partial charge is 0.196 e. The highest BCUT2D eigenvalue weighted by atomic mass is 35.5. The Kier molecular flexibility index (Phi) is 2.21. The van der Waals surface area contributed by atoms with Gasteiger partial charge in [-0.15, -0.1) is 5.10 Å². The molecule has 0 radical (unpaired) electrons. The van der Waals surface area contributed by atoms with E-state index in [1.165, 1.54) is 0 Å². The molecule has 14 heavy (non-hydrogen) atoms. The monoisotopic (exact) mass is 208 g/mol. The van der Waals surface area contributed by atoms with Gasteiger partial charge in [0.2, 0.25) is 0 Å². The van der Waals surface area contributed by atoms with Crippen LogP contribution in [0.1, 0.15) is 11.4 Å². The molecule has 0 fully saturated rings. The van der Waals surface area contributed by atoms with E-state index in [9.17, 15) is 0 Å². The predicted octanol–water partition coefficient (Wildman–Crippen LogP) is 1.93. The van der Waals surface area contributed by atoms with Crippen molar-refractivity contribution in [1.29, 1.82) is 0 Å². The Labute approximate surface area is 86.5 Å². The van der Waals surface area contributed by atoms with Gasteiger partial charge in [-0.25, -0.2) is 0 Å². The first-order valence-corrected chi connectivity index (χ1v) is 4.58. The number of aromatic nitrogens is 4. The molecule has 4 nitrogen and oxygen atoms in total. The summed E-state index contributed by atoms with van der Waals surface area (Å²) in [7, 11) is 0. The Bertz CT molecular complexity index is 464. The summed E-state index contributed by atoms with van der Waals surface area (Å²) in [6.07, 6.45) is 0. The van der Waals surface area contributed by atoms with Gasteiger partial charge in [-0.1, -0.05) is 17.7 Å². The lowest BCUT2D eigenvalue weighted by atomic mass is 10.2. The molecule has 0 N–H and O–H groups in total. The zero-order valence-corrected chi connectivity index (χ0v) is 8.65. The summed E-state index contributed by atoms with van der Waals surface area (Å²) in [6, 6.07) is 5.77. The highest BCUT2D eigenvalue weighted by molar-refractivity contribution is 6.32. The van der Waals surface area contributed by atoms with Crippen molar-refractivity contribution in [3.05, 3.63) is 34.6 Å². The highest BCUT2D eigenvalue weighted by Crippen LogP contribution is 2.21. The van der Waals surface area contributed by atoms with Gasteiger partial charge >= 0.3 is 0 Å². The van der Waals surface area contributed by atoms with Crippen molar-refractivity contribution in [2.45, 2.75) is 13.8 Å². The third-order valence-electron chi connectivity index (χ3n) is 1.96. The van der Waals surface area contributed by atoms with E-state index in [-0.39, 0.29) is 0 Å². The van der Waals surface area contributed by atoms with Gasteiger partial charge in [0, 0.05) is 0 Å². The molecule has 0 amide bonds. The molecule has 2 rings (SSSR count). The molecule has 0 aliphatic heterocycles. The molecule has 0 saturated carbocycles. The van der Waals surface area contributed by atoms with Gasteiger partial charge in [-0.2, -0.15) is 4.68 Å². The van der Waals surface area contributed by atoms with Crippen molar-refractivity contribution >= 4 is 11.6 Å². The topological polar surface area (TPSA) is 43.6 Å². The normalized spacial score (nSPS) is 10.5. The molecule has 1 aromatic heterocycles. The van der Waals surface area contributed by atoms with Crippen LogP contribution in [0.2, 0.25) is 5.02 Å². The summed E-state index contributed by atoms with van der Waals surface area (Å²) >= 11 is 6.08. The summed E-state index contributed by atoms with van der Waals surface area (Å²) in [5.41, 5.74) is 1.92. The van der Waals surface area contributed by atoms with Gasteiger partial charge < -0.3 is 0 Å². The fraction of sp³-hybridized carbons (Fsp3) is 0.222. The molecule has 0 unspecified atom stereocenters. The minimum absolute atomic E-state index is 0.653. The molecule has 5 heteroatoms. The fourth-order valence-corrected chi connectivity index (χ4v) is 1.55. The SMILES string of the molecule is Cc1ccc(-n2nnnc2C)c(Cl)c1. The molecule has 2 aromatic rings. The maximum atomic E-state index is 6.08. The first kappa shape index (κ1) is 9.15. The van der Waals surface area contributed by atoms with Crippen molar-refractivity contribution in [1.82, 2.24) is 20.2 Å². The quantitative estimate of drug-likeness (QED) is 0.719. The summed E-state index contributed by atoms with van der Waals surface area (Å²) in [6.45, 7) is 3.82. The van der Waals surface area contributed by atoms with Gasteiger partial charge in [0.15, 0.2) is 5.82 Å². The van der Waals surface area contributed by atoms with Crippen LogP contribution in [0.25, 0.3) is 5.69 Å². The maximum Gasteiger partial charge on any atom is 0.153 e. The van der Waals surface area contributed by atoms with E-state index >= 15 is 0 Å². The Morgan fingerprint density at radius 3 is 2.64 bits per heavy atom. The summed E-state index contributed by atoms with van der Waals surface area (Å²) in [5, 5.41) is 11.9. The number of nitrogens with zero attached hydrogens (tertiary/aromatic N) is 4. The summed E-state index contributed by atoms with van der Waals surface area (Å²) < 4.78 is 1.61. The van der Waals surface area contributed by atoms with E-state index in [0.29, 0.717) is 5.02 Å². The molecule has 0 atom stereocenters. The van der Waals surface area contributed by atoms with Crippen LogP contribution in [0, 0.1) is 13.8 Å². The number of benzene rings is 1. The molecule has 72 valence electrons. The third kappa shape index (κ3) is 1.48. The Morgan fingerprint density at radius 2 is 2.07 bits per heavy atom. The smallest absolute Gasteiger partial charge is 0.153 e. The average molecular weight is 209 g/mol. The van der Waals surface area contributed by atoms with Crippen LogP contribution in [-0.2, 0) is 0 Å². The maximum absolute atomic E-state index is 6.08. The van der Waals surface area contributed by atoms with Crippen molar-refractivity contribution in [2.75, 3.05) is 0 Å². The van der Waals surface area contributed by atoms with Crippen LogP contribution in [0.5, 0.6) is 0 Å². The Balaban J connectivity index is 2.58. The molecule has 0 saturated heterocycles. The van der Waals surface area contributed by atoms with E-state index in [1.807, 2.05) is 32.0 Å². The summed E-state index contributed by atoms with van der Waals surface area (Å²) in [4.78, 5) is 0. The van der Waals surface area contributed by atoms with E-state index in [0.717, 1.165) is 17.1 Å². The van der Waals surface area contributed by atoms with Crippen molar-refractivity contribution in [3.8, 4) is 5.69 Å². The van der Waals surface area contributed by atoms with Crippen LogP contribution in [-0.4, -0.2) is 20.2 Å². The van der Waals surface area contributed by atoms with Crippen LogP contribution in [0.4, 0.5) is 0 Å². The fourth-order valence-electron chi connectivity index (χ4n) is 1.24. The molecule has 0 bridgehead atoms. The lowest BCUT2D eigenvalue weighted by molar-refractivity contribution is 0.779.